The van der Waals surface area contributed by atoms with E-state index in [0.717, 1.165) is 0 Å². The van der Waals surface area contributed by atoms with Crippen LogP contribution in [0.4, 0.5) is 0 Å². The second kappa shape index (κ2) is 22.6. The molecule has 0 bridgehead atoms. The van der Waals surface area contributed by atoms with Gasteiger partial charge in [-0.05, 0) is 52.0 Å². The highest BCUT2D eigenvalue weighted by molar-refractivity contribution is 5.96. The third kappa shape index (κ3) is 15.3. The smallest absolute Gasteiger partial charge is 0.326 e. The van der Waals surface area contributed by atoms with E-state index in [1.165, 1.54) is 38.9 Å². The SMILES string of the molecule is CC(C)C[C@H](NC(=O)[C@H](C)NC(=O)[C@H](CO)NC(=O)[C@@H](N)Cc1cnc[nH]1)C(=O)N[C@@H](C)C(=O)N[C@@H](CCCCN)C(=O)N[C@@H](Cc1cnc[nH]1)C(=O)O. The largest absolute Gasteiger partial charge is 0.480 e. The van der Waals surface area contributed by atoms with Gasteiger partial charge in [-0.3, -0.25) is 28.8 Å². The zero-order valence-electron chi connectivity index (χ0n) is 30.9. The molecule has 2 aromatic heterocycles. The van der Waals surface area contributed by atoms with Crippen molar-refractivity contribution >= 4 is 41.4 Å². The number of aromatic nitrogens is 4. The number of nitrogens with one attached hydrogen (secondary N) is 8. The van der Waals surface area contributed by atoms with Gasteiger partial charge in [0.05, 0.1) is 25.3 Å². The molecule has 2 rings (SSSR count). The van der Waals surface area contributed by atoms with Gasteiger partial charge in [-0.15, -0.1) is 0 Å². The molecule has 21 nitrogen and oxygen atoms in total. The van der Waals surface area contributed by atoms with Gasteiger partial charge in [0, 0.05) is 36.6 Å². The maximum absolute atomic E-state index is 13.4. The quantitative estimate of drug-likeness (QED) is 0.0462. The Morgan fingerprint density at radius 1 is 0.667 bits per heavy atom. The lowest BCUT2D eigenvalue weighted by molar-refractivity contribution is -0.142. The van der Waals surface area contributed by atoms with Gasteiger partial charge in [-0.1, -0.05) is 13.8 Å². The molecule has 0 fully saturated rings. The highest BCUT2D eigenvalue weighted by Crippen LogP contribution is 2.08. The molecule has 300 valence electrons. The lowest BCUT2D eigenvalue weighted by Crippen LogP contribution is -2.59. The number of carbonyl (C=O) groups is 7. The summed E-state index contributed by atoms with van der Waals surface area (Å²) >= 11 is 0. The topological polar surface area (TPSA) is 342 Å². The van der Waals surface area contributed by atoms with E-state index in [9.17, 15) is 43.8 Å². The number of hydrogen-bond donors (Lipinski definition) is 12. The monoisotopic (exact) mass is 762 g/mol. The number of amides is 6. The van der Waals surface area contributed by atoms with Crippen LogP contribution in [-0.4, -0.2) is 127 Å². The Morgan fingerprint density at radius 3 is 1.63 bits per heavy atom. The Morgan fingerprint density at radius 2 is 1.15 bits per heavy atom. The highest BCUT2D eigenvalue weighted by atomic mass is 16.4. The molecule has 0 aliphatic heterocycles. The minimum Gasteiger partial charge on any atom is -0.480 e. The van der Waals surface area contributed by atoms with E-state index in [0.29, 0.717) is 30.8 Å². The number of aliphatic carboxylic acids is 1. The highest BCUT2D eigenvalue weighted by Gasteiger charge is 2.32. The van der Waals surface area contributed by atoms with Crippen molar-refractivity contribution in [1.29, 1.82) is 0 Å². The third-order valence-electron chi connectivity index (χ3n) is 8.16. The number of rotatable bonds is 24. The summed E-state index contributed by atoms with van der Waals surface area (Å²) in [6.45, 7) is 5.87. The molecule has 21 heteroatoms. The van der Waals surface area contributed by atoms with Crippen molar-refractivity contribution < 1.29 is 43.8 Å². The van der Waals surface area contributed by atoms with Crippen molar-refractivity contribution in [3.05, 3.63) is 36.4 Å². The number of nitrogens with zero attached hydrogens (tertiary/aromatic N) is 2. The van der Waals surface area contributed by atoms with Crippen molar-refractivity contribution in [3.8, 4) is 0 Å². The van der Waals surface area contributed by atoms with Crippen molar-refractivity contribution in [2.75, 3.05) is 13.2 Å². The van der Waals surface area contributed by atoms with Crippen LogP contribution in [0.3, 0.4) is 0 Å². The van der Waals surface area contributed by atoms with Gasteiger partial charge in [0.15, 0.2) is 0 Å². The van der Waals surface area contributed by atoms with Crippen LogP contribution in [0.2, 0.25) is 0 Å². The zero-order valence-corrected chi connectivity index (χ0v) is 30.9. The van der Waals surface area contributed by atoms with Crippen LogP contribution in [0.5, 0.6) is 0 Å². The number of aromatic amines is 2. The molecular weight excluding hydrogens is 708 g/mol. The second-order valence-electron chi connectivity index (χ2n) is 13.3. The van der Waals surface area contributed by atoms with Crippen molar-refractivity contribution in [3.63, 3.8) is 0 Å². The third-order valence-corrected chi connectivity index (χ3v) is 8.16. The number of imidazole rings is 2. The Hall–Kier alpha value is -5.41. The van der Waals surface area contributed by atoms with Crippen LogP contribution in [-0.2, 0) is 46.4 Å². The molecule has 7 atom stereocenters. The van der Waals surface area contributed by atoms with Gasteiger partial charge in [0.1, 0.15) is 36.3 Å². The Bertz CT molecular complexity index is 1520. The average Bonchev–Trinajstić information content (AvgIpc) is 3.83. The molecule has 0 aliphatic rings. The Balaban J connectivity index is 2.02. The summed E-state index contributed by atoms with van der Waals surface area (Å²) in [5.74, 6) is -5.97. The summed E-state index contributed by atoms with van der Waals surface area (Å²) in [6.07, 6.45) is 6.98. The van der Waals surface area contributed by atoms with Crippen molar-refractivity contribution in [2.45, 2.75) is 109 Å². The van der Waals surface area contributed by atoms with Gasteiger partial charge < -0.3 is 63.5 Å². The molecule has 0 unspecified atom stereocenters. The van der Waals surface area contributed by atoms with E-state index in [2.05, 4.69) is 51.8 Å². The van der Waals surface area contributed by atoms with E-state index in [-0.39, 0.29) is 31.6 Å². The minimum atomic E-state index is -1.43. The number of unbranched alkanes of at least 4 members (excludes halogenated alkanes) is 1. The lowest BCUT2D eigenvalue weighted by Gasteiger charge is -2.26. The molecule has 54 heavy (non-hydrogen) atoms. The molecule has 0 saturated carbocycles. The van der Waals surface area contributed by atoms with E-state index < -0.39 is 90.3 Å². The zero-order chi connectivity index (χ0) is 40.4. The summed E-state index contributed by atoms with van der Waals surface area (Å²) in [4.78, 5) is 103. The summed E-state index contributed by atoms with van der Waals surface area (Å²) in [6, 6.07) is -8.52. The number of nitrogens with two attached hydrogens (primary N) is 2. The molecule has 0 spiro atoms. The van der Waals surface area contributed by atoms with Crippen LogP contribution in [0, 0.1) is 5.92 Å². The first-order chi connectivity index (χ1) is 25.6. The van der Waals surface area contributed by atoms with Crippen LogP contribution < -0.4 is 43.4 Å². The summed E-state index contributed by atoms with van der Waals surface area (Å²) in [7, 11) is 0. The summed E-state index contributed by atoms with van der Waals surface area (Å²) in [5, 5.41) is 34.3. The Kier molecular flexibility index (Phi) is 18.7. The number of hydrogen-bond acceptors (Lipinski definition) is 12. The number of aliphatic hydroxyl groups is 1. The van der Waals surface area contributed by atoms with Crippen LogP contribution >= 0.6 is 0 Å². The molecule has 6 amide bonds. The number of H-pyrrole nitrogens is 2. The number of carbonyl (C=O) groups excluding carboxylic acids is 6. The second-order valence-corrected chi connectivity index (χ2v) is 13.3. The van der Waals surface area contributed by atoms with Crippen molar-refractivity contribution in [1.82, 2.24) is 51.8 Å². The van der Waals surface area contributed by atoms with E-state index >= 15 is 0 Å². The first-order valence-electron chi connectivity index (χ1n) is 17.6. The predicted octanol–water partition coefficient (Wildman–Crippen LogP) is -3.55. The molecule has 2 heterocycles. The van der Waals surface area contributed by atoms with E-state index in [1.807, 2.05) is 0 Å². The molecule has 2 aromatic rings. The lowest BCUT2D eigenvalue weighted by atomic mass is 10.0. The van der Waals surface area contributed by atoms with Gasteiger partial charge in [-0.2, -0.15) is 0 Å². The normalized spacial score (nSPS) is 15.0. The molecule has 0 aliphatic carbocycles. The van der Waals surface area contributed by atoms with Gasteiger partial charge >= 0.3 is 5.97 Å². The molecular formula is C33H54N12O9. The fourth-order valence-electron chi connectivity index (χ4n) is 5.10. The minimum absolute atomic E-state index is 0.0805. The van der Waals surface area contributed by atoms with Gasteiger partial charge in [0.2, 0.25) is 35.4 Å². The van der Waals surface area contributed by atoms with Crippen LogP contribution in [0.1, 0.15) is 64.8 Å². The molecule has 0 aromatic carbocycles. The number of carboxylic acids is 1. The van der Waals surface area contributed by atoms with Crippen molar-refractivity contribution in [2.24, 2.45) is 17.4 Å². The standard InChI is InChI=1S/C33H54N12O9/c1-17(2)9-24(43-28(48)19(4)41-32(52)26(14-46)45-29(49)22(35)10-20-12-36-15-38-20)31(51)40-18(3)27(47)42-23(7-5-6-8-34)30(50)44-25(33(53)54)11-21-13-37-16-39-21/h12-13,15-19,22-26,46H,5-11,14,34-35H2,1-4H3,(H,36,38)(H,37,39)(H,40,51)(H,41,52)(H,42,47)(H,43,48)(H,44,50)(H,45,49)(H,53,54)/t18-,19-,22-,23-,24-,25-,26-/m0/s1. The van der Waals surface area contributed by atoms with Crippen LogP contribution in [0.25, 0.3) is 0 Å². The van der Waals surface area contributed by atoms with Gasteiger partial charge in [-0.25, -0.2) is 14.8 Å². The van der Waals surface area contributed by atoms with E-state index in [1.54, 1.807) is 13.8 Å². The fourth-order valence-corrected chi connectivity index (χ4v) is 5.10. The maximum atomic E-state index is 13.4. The fraction of sp³-hybridized carbons (Fsp3) is 0.606. The summed E-state index contributed by atoms with van der Waals surface area (Å²) < 4.78 is 0. The summed E-state index contributed by atoms with van der Waals surface area (Å²) in [5.41, 5.74) is 12.6. The van der Waals surface area contributed by atoms with Gasteiger partial charge in [0.25, 0.3) is 0 Å². The molecule has 14 N–H and O–H groups in total. The van der Waals surface area contributed by atoms with E-state index in [4.69, 9.17) is 11.5 Å². The predicted molar refractivity (Wildman–Crippen MR) is 193 cm³/mol. The first kappa shape index (κ1) is 44.7. The average molecular weight is 763 g/mol. The molecule has 0 saturated heterocycles. The maximum Gasteiger partial charge on any atom is 0.326 e. The Labute approximate surface area is 312 Å². The van der Waals surface area contributed by atoms with Crippen LogP contribution in [0.15, 0.2) is 25.0 Å². The first-order valence-corrected chi connectivity index (χ1v) is 17.6. The number of carboxylic acid groups (broad SMARTS) is 1. The number of aliphatic hydroxyl groups excluding tert-OH is 1. The molecule has 0 radical (unpaired) electrons.